The topological polar surface area (TPSA) is 24.1 Å². The maximum absolute atomic E-state index is 5.17. The molecule has 1 rings (SSSR count). The normalized spacial score (nSPS) is 15.0. The van der Waals surface area contributed by atoms with Crippen molar-refractivity contribution in [2.45, 2.75) is 64.3 Å². The van der Waals surface area contributed by atoms with Gasteiger partial charge in [-0.25, -0.2) is 0 Å². The molecule has 0 bridgehead atoms. The molecule has 3 heteroatoms. The van der Waals surface area contributed by atoms with Gasteiger partial charge in [0, 0.05) is 12.6 Å². The average molecular weight is 228 g/mol. The Hall–Kier alpha value is -0.310. The summed E-state index contributed by atoms with van der Waals surface area (Å²) in [5.41, 5.74) is 0. The van der Waals surface area contributed by atoms with Crippen molar-refractivity contribution in [2.75, 3.05) is 6.54 Å². The monoisotopic (exact) mass is 228 g/mol. The van der Waals surface area contributed by atoms with Crippen LogP contribution in [0.2, 0.25) is 0 Å². The Labute approximate surface area is 99.2 Å². The van der Waals surface area contributed by atoms with Crippen molar-refractivity contribution in [3.8, 4) is 0 Å². The van der Waals surface area contributed by atoms with Gasteiger partial charge in [-0.3, -0.25) is 0 Å². The van der Waals surface area contributed by atoms with Gasteiger partial charge in [0.2, 0.25) is 0 Å². The number of thiocarbonyl (C=S) groups is 1. The zero-order valence-electron chi connectivity index (χ0n) is 9.85. The summed E-state index contributed by atoms with van der Waals surface area (Å²) >= 11 is 5.17. The van der Waals surface area contributed by atoms with Crippen molar-refractivity contribution in [2.24, 2.45) is 0 Å². The summed E-state index contributed by atoms with van der Waals surface area (Å²) < 4.78 is 0. The minimum Gasteiger partial charge on any atom is -0.363 e. The van der Waals surface area contributed by atoms with Crippen molar-refractivity contribution in [1.29, 1.82) is 0 Å². The van der Waals surface area contributed by atoms with Gasteiger partial charge in [-0.05, 0) is 31.5 Å². The van der Waals surface area contributed by atoms with Gasteiger partial charge in [0.15, 0.2) is 5.11 Å². The van der Waals surface area contributed by atoms with Gasteiger partial charge in [0.05, 0.1) is 0 Å². The highest BCUT2D eigenvalue weighted by Crippen LogP contribution is 2.18. The molecule has 0 saturated heterocycles. The van der Waals surface area contributed by atoms with Crippen molar-refractivity contribution in [1.82, 2.24) is 10.6 Å². The summed E-state index contributed by atoms with van der Waals surface area (Å²) in [5.74, 6) is 0. The fraction of sp³-hybridized carbons (Fsp3) is 0.917. The van der Waals surface area contributed by atoms with Crippen molar-refractivity contribution >= 4 is 17.3 Å². The van der Waals surface area contributed by atoms with E-state index in [2.05, 4.69) is 17.6 Å². The van der Waals surface area contributed by atoms with Crippen molar-refractivity contribution in [3.63, 3.8) is 0 Å². The smallest absolute Gasteiger partial charge is 0.166 e. The molecule has 88 valence electrons. The number of hydrogen-bond acceptors (Lipinski definition) is 1. The second kappa shape index (κ2) is 7.91. The number of hydrogen-bond donors (Lipinski definition) is 2. The van der Waals surface area contributed by atoms with E-state index in [9.17, 15) is 0 Å². The minimum absolute atomic E-state index is 0.676. The summed E-state index contributed by atoms with van der Waals surface area (Å²) in [6.07, 6.45) is 10.6. The lowest BCUT2D eigenvalue weighted by atomic mass is 10.1. The van der Waals surface area contributed by atoms with Gasteiger partial charge in [-0.2, -0.15) is 0 Å². The molecule has 1 fully saturated rings. The number of rotatable bonds is 8. The fourth-order valence-corrected chi connectivity index (χ4v) is 1.84. The van der Waals surface area contributed by atoms with Crippen molar-refractivity contribution < 1.29 is 0 Å². The Kier molecular flexibility index (Phi) is 6.73. The summed E-state index contributed by atoms with van der Waals surface area (Å²) in [6, 6.07) is 0.676. The lowest BCUT2D eigenvalue weighted by Crippen LogP contribution is -2.36. The molecule has 1 aliphatic rings. The number of unbranched alkanes of at least 4 members (excludes halogenated alkanes) is 5. The van der Waals surface area contributed by atoms with Crippen LogP contribution < -0.4 is 10.6 Å². The first kappa shape index (κ1) is 12.8. The number of nitrogens with one attached hydrogen (secondary N) is 2. The van der Waals surface area contributed by atoms with E-state index in [0.717, 1.165) is 11.7 Å². The van der Waals surface area contributed by atoms with Gasteiger partial charge in [-0.1, -0.05) is 39.0 Å². The van der Waals surface area contributed by atoms with Crippen LogP contribution >= 0.6 is 12.2 Å². The standard InChI is InChI=1S/C12H24N2S/c1-2-3-4-5-6-7-10-13-12(15)14-11-8-9-11/h11H,2-10H2,1H3,(H2,13,14,15). The molecule has 0 amide bonds. The highest BCUT2D eigenvalue weighted by atomic mass is 32.1. The predicted octanol–water partition coefficient (Wildman–Crippen LogP) is 2.97. The van der Waals surface area contributed by atoms with Crippen LogP contribution in [-0.4, -0.2) is 17.7 Å². The van der Waals surface area contributed by atoms with E-state index in [1.165, 1.54) is 51.4 Å². The third-order valence-electron chi connectivity index (χ3n) is 2.73. The fourth-order valence-electron chi connectivity index (χ4n) is 1.57. The molecule has 1 aliphatic carbocycles. The van der Waals surface area contributed by atoms with Gasteiger partial charge >= 0.3 is 0 Å². The van der Waals surface area contributed by atoms with Crippen LogP contribution in [0.5, 0.6) is 0 Å². The Morgan fingerprint density at radius 1 is 1.13 bits per heavy atom. The van der Waals surface area contributed by atoms with Crippen LogP contribution in [0.3, 0.4) is 0 Å². The van der Waals surface area contributed by atoms with Gasteiger partial charge in [0.1, 0.15) is 0 Å². The van der Waals surface area contributed by atoms with E-state index in [1.807, 2.05) is 0 Å². The highest BCUT2D eigenvalue weighted by Gasteiger charge is 2.21. The van der Waals surface area contributed by atoms with Crippen LogP contribution in [0.25, 0.3) is 0 Å². The first-order valence-corrected chi connectivity index (χ1v) is 6.78. The molecule has 0 aliphatic heterocycles. The van der Waals surface area contributed by atoms with E-state index in [-0.39, 0.29) is 0 Å². The molecule has 0 aromatic rings. The van der Waals surface area contributed by atoms with E-state index >= 15 is 0 Å². The molecular formula is C12H24N2S. The van der Waals surface area contributed by atoms with E-state index in [0.29, 0.717) is 6.04 Å². The third kappa shape index (κ3) is 7.60. The van der Waals surface area contributed by atoms with Crippen LogP contribution in [0.4, 0.5) is 0 Å². The molecule has 15 heavy (non-hydrogen) atoms. The highest BCUT2D eigenvalue weighted by molar-refractivity contribution is 7.80. The summed E-state index contributed by atoms with van der Waals surface area (Å²) in [5, 5.41) is 7.40. The van der Waals surface area contributed by atoms with Crippen LogP contribution in [0.15, 0.2) is 0 Å². The lowest BCUT2D eigenvalue weighted by molar-refractivity contribution is 0.601. The maximum atomic E-state index is 5.17. The Morgan fingerprint density at radius 3 is 2.47 bits per heavy atom. The van der Waals surface area contributed by atoms with Crippen LogP contribution in [0.1, 0.15) is 58.3 Å². The predicted molar refractivity (Wildman–Crippen MR) is 70.1 cm³/mol. The maximum Gasteiger partial charge on any atom is 0.166 e. The Balaban J connectivity index is 1.77. The largest absolute Gasteiger partial charge is 0.363 e. The molecule has 1 saturated carbocycles. The first-order chi connectivity index (χ1) is 7.33. The first-order valence-electron chi connectivity index (χ1n) is 6.37. The molecule has 0 spiro atoms. The summed E-state index contributed by atoms with van der Waals surface area (Å²) in [4.78, 5) is 0. The molecular weight excluding hydrogens is 204 g/mol. The van der Waals surface area contributed by atoms with E-state index < -0.39 is 0 Å². The summed E-state index contributed by atoms with van der Waals surface area (Å²) in [7, 11) is 0. The molecule has 0 unspecified atom stereocenters. The van der Waals surface area contributed by atoms with Gasteiger partial charge < -0.3 is 10.6 Å². The zero-order chi connectivity index (χ0) is 10.9. The molecule has 0 radical (unpaired) electrons. The second-order valence-electron chi connectivity index (χ2n) is 4.44. The Bertz CT molecular complexity index is 178. The third-order valence-corrected chi connectivity index (χ3v) is 2.99. The van der Waals surface area contributed by atoms with E-state index in [1.54, 1.807) is 0 Å². The molecule has 2 N–H and O–H groups in total. The molecule has 0 heterocycles. The van der Waals surface area contributed by atoms with Gasteiger partial charge in [0.25, 0.3) is 0 Å². The summed E-state index contributed by atoms with van der Waals surface area (Å²) in [6.45, 7) is 3.29. The van der Waals surface area contributed by atoms with Crippen LogP contribution in [0, 0.1) is 0 Å². The molecule has 2 nitrogen and oxygen atoms in total. The molecule has 0 aromatic carbocycles. The Morgan fingerprint density at radius 2 is 1.80 bits per heavy atom. The van der Waals surface area contributed by atoms with E-state index in [4.69, 9.17) is 12.2 Å². The van der Waals surface area contributed by atoms with Gasteiger partial charge in [-0.15, -0.1) is 0 Å². The lowest BCUT2D eigenvalue weighted by Gasteiger charge is -2.08. The zero-order valence-corrected chi connectivity index (χ0v) is 10.7. The molecule has 0 aromatic heterocycles. The second-order valence-corrected chi connectivity index (χ2v) is 4.85. The van der Waals surface area contributed by atoms with Crippen molar-refractivity contribution in [3.05, 3.63) is 0 Å². The average Bonchev–Trinajstić information content (AvgIpc) is 3.00. The minimum atomic E-state index is 0.676. The molecule has 0 atom stereocenters. The quantitative estimate of drug-likeness (QED) is 0.493. The SMILES string of the molecule is CCCCCCCCNC(=S)NC1CC1. The van der Waals surface area contributed by atoms with Crippen LogP contribution in [-0.2, 0) is 0 Å².